The Bertz CT molecular complexity index is 482. The van der Waals surface area contributed by atoms with Gasteiger partial charge in [-0.3, -0.25) is 0 Å². The van der Waals surface area contributed by atoms with E-state index in [-0.39, 0.29) is 23.0 Å². The normalized spacial score (nSPS) is 14.2. The molecule has 0 spiro atoms. The molecular weight excluding hydrogens is 352 g/mol. The van der Waals surface area contributed by atoms with Gasteiger partial charge < -0.3 is 15.2 Å². The molecule has 0 radical (unpaired) electrons. The highest BCUT2D eigenvalue weighted by atomic mass is 33.1. The molecule has 0 aliphatic rings. The van der Waals surface area contributed by atoms with E-state index in [0.29, 0.717) is 0 Å². The van der Waals surface area contributed by atoms with Gasteiger partial charge in [-0.25, -0.2) is 9.59 Å². The molecule has 0 heterocycles. The predicted octanol–water partition coefficient (Wildman–Crippen LogP) is 4.21. The number of carboxylic acids is 1. The molecule has 0 saturated carbocycles. The zero-order chi connectivity index (χ0) is 19.0. The van der Waals surface area contributed by atoms with Crippen molar-refractivity contribution in [1.29, 1.82) is 0 Å². The van der Waals surface area contributed by atoms with E-state index in [1.165, 1.54) is 10.8 Å². The summed E-state index contributed by atoms with van der Waals surface area (Å²) in [5, 5.41) is 15.0. The number of carbonyl (C=O) groups is 2. The van der Waals surface area contributed by atoms with E-state index in [9.17, 15) is 14.7 Å². The summed E-state index contributed by atoms with van der Waals surface area (Å²) in [6.45, 7) is 11.3. The largest absolute Gasteiger partial charge is 0.480 e. The van der Waals surface area contributed by atoms with Crippen molar-refractivity contribution in [3.63, 3.8) is 0 Å². The van der Waals surface area contributed by atoms with Gasteiger partial charge in [-0.2, -0.15) is 0 Å². The fourth-order valence-electron chi connectivity index (χ4n) is 1.42. The molecule has 0 aromatic rings. The van der Waals surface area contributed by atoms with Gasteiger partial charge >= 0.3 is 12.1 Å². The smallest absolute Gasteiger partial charge is 0.408 e. The first-order valence-corrected chi connectivity index (χ1v) is 9.63. The standard InChI is InChI=1S/C14H26N4O4S2/c1-13(2,3)22-12(21)17-10(11(19)20)7-9(8-16-18-15)23-24-14(4,5)6/h9-10H,7-8H2,1-6H3,(H,17,21)(H,19,20). The SMILES string of the molecule is CC(C)(C)OC(=O)NC(CC(CN=[N+]=[N-])SSC(C)(C)C)C(=O)O. The van der Waals surface area contributed by atoms with Crippen molar-refractivity contribution in [2.24, 2.45) is 5.11 Å². The zero-order valence-corrected chi connectivity index (χ0v) is 16.5. The highest BCUT2D eigenvalue weighted by Crippen LogP contribution is 2.39. The molecular formula is C14H26N4O4S2. The quantitative estimate of drug-likeness (QED) is 0.282. The topological polar surface area (TPSA) is 124 Å². The number of carbonyl (C=O) groups excluding carboxylic acids is 1. The lowest BCUT2D eigenvalue weighted by atomic mass is 10.1. The fraction of sp³-hybridized carbons (Fsp3) is 0.857. The van der Waals surface area contributed by atoms with Crippen LogP contribution in [0.3, 0.4) is 0 Å². The first-order chi connectivity index (χ1) is 10.8. The van der Waals surface area contributed by atoms with E-state index in [1.807, 2.05) is 20.8 Å². The first-order valence-electron chi connectivity index (χ1n) is 7.41. The molecule has 0 aliphatic carbocycles. The molecule has 2 N–H and O–H groups in total. The molecule has 0 aliphatic heterocycles. The van der Waals surface area contributed by atoms with Crippen LogP contribution in [-0.4, -0.2) is 45.4 Å². The number of carboxylic acid groups (broad SMARTS) is 1. The molecule has 0 aromatic carbocycles. The fourth-order valence-corrected chi connectivity index (χ4v) is 3.93. The van der Waals surface area contributed by atoms with Crippen LogP contribution in [0.5, 0.6) is 0 Å². The Morgan fingerprint density at radius 2 is 1.88 bits per heavy atom. The maximum atomic E-state index is 11.8. The van der Waals surface area contributed by atoms with Crippen molar-refractivity contribution < 1.29 is 19.4 Å². The number of amides is 1. The third-order valence-electron chi connectivity index (χ3n) is 2.27. The Hall–Kier alpha value is -1.25. The van der Waals surface area contributed by atoms with Gasteiger partial charge in [0.25, 0.3) is 0 Å². The Kier molecular flexibility index (Phi) is 9.39. The van der Waals surface area contributed by atoms with E-state index in [2.05, 4.69) is 15.3 Å². The van der Waals surface area contributed by atoms with Gasteiger partial charge in [-0.05, 0) is 32.7 Å². The number of hydrogen-bond donors (Lipinski definition) is 2. The van der Waals surface area contributed by atoms with Crippen molar-refractivity contribution >= 4 is 33.7 Å². The summed E-state index contributed by atoms with van der Waals surface area (Å²) in [5.41, 5.74) is 7.78. The Labute approximate surface area is 150 Å². The summed E-state index contributed by atoms with van der Waals surface area (Å²) in [6.07, 6.45) is -0.660. The van der Waals surface area contributed by atoms with Crippen LogP contribution in [0.25, 0.3) is 10.4 Å². The molecule has 0 fully saturated rings. The first kappa shape index (κ1) is 22.8. The van der Waals surface area contributed by atoms with Crippen molar-refractivity contribution in [1.82, 2.24) is 5.32 Å². The number of rotatable bonds is 8. The number of nitrogens with one attached hydrogen (secondary N) is 1. The maximum absolute atomic E-state index is 11.8. The van der Waals surface area contributed by atoms with Gasteiger partial charge in [0.05, 0.1) is 0 Å². The molecule has 0 bridgehead atoms. The van der Waals surface area contributed by atoms with Crippen LogP contribution >= 0.6 is 21.6 Å². The molecule has 0 saturated heterocycles. The average Bonchev–Trinajstić information content (AvgIpc) is 2.37. The minimum absolute atomic E-state index is 0.0312. The van der Waals surface area contributed by atoms with Gasteiger partial charge in [0.2, 0.25) is 0 Å². The summed E-state index contributed by atoms with van der Waals surface area (Å²) in [6, 6.07) is -1.12. The maximum Gasteiger partial charge on any atom is 0.408 e. The zero-order valence-electron chi connectivity index (χ0n) is 14.9. The van der Waals surface area contributed by atoms with E-state index >= 15 is 0 Å². The molecule has 138 valence electrons. The average molecular weight is 379 g/mol. The lowest BCUT2D eigenvalue weighted by Gasteiger charge is -2.25. The van der Waals surface area contributed by atoms with Crippen LogP contribution in [0.15, 0.2) is 5.11 Å². The molecule has 2 atom stereocenters. The van der Waals surface area contributed by atoms with Gasteiger partial charge in [0.1, 0.15) is 11.6 Å². The molecule has 2 unspecified atom stereocenters. The van der Waals surface area contributed by atoms with Gasteiger partial charge in [-0.1, -0.05) is 47.5 Å². The summed E-state index contributed by atoms with van der Waals surface area (Å²) in [7, 11) is 3.02. The molecule has 8 nitrogen and oxygen atoms in total. The van der Waals surface area contributed by atoms with E-state index in [0.717, 1.165) is 0 Å². The second-order valence-corrected chi connectivity index (χ2v) is 10.4. The molecule has 1 amide bonds. The number of azide groups is 1. The van der Waals surface area contributed by atoms with Crippen LogP contribution in [0.1, 0.15) is 48.0 Å². The van der Waals surface area contributed by atoms with Gasteiger partial charge in [-0.15, -0.1) is 0 Å². The number of hydrogen-bond acceptors (Lipinski definition) is 6. The molecule has 0 aromatic heterocycles. The van der Waals surface area contributed by atoms with Crippen molar-refractivity contribution in [3.8, 4) is 0 Å². The van der Waals surface area contributed by atoms with E-state index < -0.39 is 23.7 Å². The van der Waals surface area contributed by atoms with Gasteiger partial charge in [0, 0.05) is 21.5 Å². The second-order valence-electron chi connectivity index (χ2n) is 7.10. The minimum atomic E-state index is -1.16. The lowest BCUT2D eigenvalue weighted by Crippen LogP contribution is -2.45. The Balaban J connectivity index is 4.89. The summed E-state index contributed by atoms with van der Waals surface area (Å²) < 4.78 is 5.06. The highest BCUT2D eigenvalue weighted by molar-refractivity contribution is 8.77. The Morgan fingerprint density at radius 3 is 2.29 bits per heavy atom. The third kappa shape index (κ3) is 12.2. The highest BCUT2D eigenvalue weighted by Gasteiger charge is 2.28. The van der Waals surface area contributed by atoms with Crippen molar-refractivity contribution in [3.05, 3.63) is 10.4 Å². The predicted molar refractivity (Wildman–Crippen MR) is 98.1 cm³/mol. The number of nitrogens with zero attached hydrogens (tertiary/aromatic N) is 3. The van der Waals surface area contributed by atoms with Crippen LogP contribution in [0, 0.1) is 0 Å². The van der Waals surface area contributed by atoms with Gasteiger partial charge in [0.15, 0.2) is 0 Å². The third-order valence-corrected chi connectivity index (χ3v) is 6.09. The number of ether oxygens (including phenoxy) is 1. The lowest BCUT2D eigenvalue weighted by molar-refractivity contribution is -0.139. The summed E-state index contributed by atoms with van der Waals surface area (Å²) >= 11 is 0. The molecule has 10 heteroatoms. The number of aliphatic carboxylic acids is 1. The monoisotopic (exact) mass is 378 g/mol. The van der Waals surface area contributed by atoms with E-state index in [4.69, 9.17) is 10.3 Å². The molecule has 24 heavy (non-hydrogen) atoms. The van der Waals surface area contributed by atoms with Crippen molar-refractivity contribution in [2.75, 3.05) is 6.54 Å². The Morgan fingerprint density at radius 1 is 1.29 bits per heavy atom. The van der Waals surface area contributed by atoms with Crippen LogP contribution in [0.4, 0.5) is 4.79 Å². The summed E-state index contributed by atoms with van der Waals surface area (Å²) in [5.74, 6) is -1.16. The summed E-state index contributed by atoms with van der Waals surface area (Å²) in [4.78, 5) is 25.9. The van der Waals surface area contributed by atoms with E-state index in [1.54, 1.807) is 31.6 Å². The second kappa shape index (κ2) is 9.90. The molecule has 0 rings (SSSR count). The van der Waals surface area contributed by atoms with Crippen LogP contribution in [-0.2, 0) is 9.53 Å². The van der Waals surface area contributed by atoms with Crippen LogP contribution < -0.4 is 5.32 Å². The van der Waals surface area contributed by atoms with Crippen molar-refractivity contribution in [2.45, 2.75) is 69.6 Å². The van der Waals surface area contributed by atoms with Crippen LogP contribution in [0.2, 0.25) is 0 Å². The minimum Gasteiger partial charge on any atom is -0.480 e. The number of alkyl carbamates (subject to hydrolysis) is 1.